The summed E-state index contributed by atoms with van der Waals surface area (Å²) in [5.74, 6) is 0.379. The van der Waals surface area contributed by atoms with Crippen LogP contribution >= 0.6 is 0 Å². The smallest absolute Gasteiger partial charge is 0.339 e. The number of hydrogen-bond donors (Lipinski definition) is 1. The molecule has 0 amide bonds. The molecule has 3 nitrogen and oxygen atoms in total. The molecule has 0 radical (unpaired) electrons. The summed E-state index contributed by atoms with van der Waals surface area (Å²) in [6.07, 6.45) is -4.37. The number of alkyl halides is 3. The van der Waals surface area contributed by atoms with Crippen LogP contribution in [-0.4, -0.2) is 10.2 Å². The highest BCUT2D eigenvalue weighted by molar-refractivity contribution is 5.62. The normalized spacial score (nSPS) is 11.3. The first-order valence-electron chi connectivity index (χ1n) is 6.86. The van der Waals surface area contributed by atoms with Crippen molar-refractivity contribution >= 4 is 11.5 Å². The van der Waals surface area contributed by atoms with Crippen molar-refractivity contribution in [1.82, 2.24) is 10.2 Å². The molecule has 0 aliphatic carbocycles. The highest BCUT2D eigenvalue weighted by Gasteiger charge is 2.30. The molecule has 23 heavy (non-hydrogen) atoms. The number of anilines is 2. The fourth-order valence-corrected chi connectivity index (χ4v) is 2.08. The van der Waals surface area contributed by atoms with Gasteiger partial charge in [-0.05, 0) is 30.3 Å². The van der Waals surface area contributed by atoms with Gasteiger partial charge in [-0.15, -0.1) is 10.2 Å². The highest BCUT2D eigenvalue weighted by atomic mass is 19.4. The van der Waals surface area contributed by atoms with Gasteiger partial charge in [0.2, 0.25) is 0 Å². The van der Waals surface area contributed by atoms with Crippen molar-refractivity contribution in [2.45, 2.75) is 6.18 Å². The van der Waals surface area contributed by atoms with Crippen molar-refractivity contribution in [3.63, 3.8) is 0 Å². The molecule has 0 fully saturated rings. The van der Waals surface area contributed by atoms with Gasteiger partial charge in [0.25, 0.3) is 0 Å². The maximum atomic E-state index is 12.7. The Morgan fingerprint density at radius 2 is 1.57 bits per heavy atom. The SMILES string of the molecule is FC(F)(F)c1cccc(Nc2ccc(-c3ccccc3)nn2)c1. The second-order valence-corrected chi connectivity index (χ2v) is 4.87. The van der Waals surface area contributed by atoms with Crippen LogP contribution in [0, 0.1) is 0 Å². The Morgan fingerprint density at radius 1 is 0.783 bits per heavy atom. The highest BCUT2D eigenvalue weighted by Crippen LogP contribution is 2.31. The Balaban J connectivity index is 1.79. The summed E-state index contributed by atoms with van der Waals surface area (Å²) < 4.78 is 38.1. The molecule has 6 heteroatoms. The molecule has 1 N–H and O–H groups in total. The van der Waals surface area contributed by atoms with Crippen LogP contribution in [0.15, 0.2) is 66.7 Å². The molecule has 0 saturated heterocycles. The zero-order valence-electron chi connectivity index (χ0n) is 11.9. The summed E-state index contributed by atoms with van der Waals surface area (Å²) >= 11 is 0. The molecule has 116 valence electrons. The first-order valence-corrected chi connectivity index (χ1v) is 6.86. The zero-order valence-corrected chi connectivity index (χ0v) is 11.9. The minimum absolute atomic E-state index is 0.307. The Bertz CT molecular complexity index is 784. The predicted octanol–water partition coefficient (Wildman–Crippen LogP) is 4.91. The van der Waals surface area contributed by atoms with Crippen molar-refractivity contribution in [3.8, 4) is 11.3 Å². The van der Waals surface area contributed by atoms with Gasteiger partial charge in [0.15, 0.2) is 5.82 Å². The van der Waals surface area contributed by atoms with Crippen molar-refractivity contribution < 1.29 is 13.2 Å². The van der Waals surface area contributed by atoms with Crippen LogP contribution < -0.4 is 5.32 Å². The summed E-state index contributed by atoms with van der Waals surface area (Å²) in [5.41, 5.74) is 1.21. The van der Waals surface area contributed by atoms with E-state index in [0.717, 1.165) is 17.7 Å². The Hall–Kier alpha value is -2.89. The fraction of sp³-hybridized carbons (Fsp3) is 0.0588. The van der Waals surface area contributed by atoms with E-state index >= 15 is 0 Å². The van der Waals surface area contributed by atoms with Gasteiger partial charge in [-0.2, -0.15) is 13.2 Å². The summed E-state index contributed by atoms with van der Waals surface area (Å²) in [7, 11) is 0. The molecule has 2 aromatic carbocycles. The maximum absolute atomic E-state index is 12.7. The summed E-state index contributed by atoms with van der Waals surface area (Å²) in [4.78, 5) is 0. The fourth-order valence-electron chi connectivity index (χ4n) is 2.08. The number of nitrogens with one attached hydrogen (secondary N) is 1. The van der Waals surface area contributed by atoms with Gasteiger partial charge in [0.1, 0.15) is 0 Å². The lowest BCUT2D eigenvalue weighted by molar-refractivity contribution is -0.137. The van der Waals surface area contributed by atoms with Gasteiger partial charge in [-0.3, -0.25) is 0 Å². The van der Waals surface area contributed by atoms with Crippen LogP contribution in [0.1, 0.15) is 5.56 Å². The molecule has 0 spiro atoms. The lowest BCUT2D eigenvalue weighted by Gasteiger charge is -2.10. The third kappa shape index (κ3) is 3.66. The molecule has 0 saturated carbocycles. The Labute approximate surface area is 130 Å². The summed E-state index contributed by atoms with van der Waals surface area (Å²) in [6.45, 7) is 0. The van der Waals surface area contributed by atoms with E-state index in [9.17, 15) is 13.2 Å². The van der Waals surface area contributed by atoms with Gasteiger partial charge < -0.3 is 5.32 Å². The monoisotopic (exact) mass is 315 g/mol. The van der Waals surface area contributed by atoms with E-state index in [4.69, 9.17) is 0 Å². The van der Waals surface area contributed by atoms with Gasteiger partial charge in [0, 0.05) is 11.3 Å². The largest absolute Gasteiger partial charge is 0.416 e. The van der Waals surface area contributed by atoms with E-state index in [0.29, 0.717) is 17.2 Å². The van der Waals surface area contributed by atoms with Crippen molar-refractivity contribution in [3.05, 3.63) is 72.3 Å². The van der Waals surface area contributed by atoms with E-state index in [1.54, 1.807) is 18.2 Å². The van der Waals surface area contributed by atoms with Gasteiger partial charge >= 0.3 is 6.18 Å². The number of aromatic nitrogens is 2. The van der Waals surface area contributed by atoms with E-state index < -0.39 is 11.7 Å². The van der Waals surface area contributed by atoms with Gasteiger partial charge in [-0.1, -0.05) is 36.4 Å². The maximum Gasteiger partial charge on any atom is 0.416 e. The van der Waals surface area contributed by atoms with Crippen LogP contribution in [-0.2, 0) is 6.18 Å². The number of halogens is 3. The number of nitrogens with zero attached hydrogens (tertiary/aromatic N) is 2. The molecule has 0 aliphatic rings. The molecular weight excluding hydrogens is 303 g/mol. The summed E-state index contributed by atoms with van der Waals surface area (Å²) in [6, 6.07) is 17.9. The average molecular weight is 315 g/mol. The first kappa shape index (κ1) is 15.0. The minimum atomic E-state index is -4.37. The summed E-state index contributed by atoms with van der Waals surface area (Å²) in [5, 5.41) is 10.9. The second kappa shape index (κ2) is 6.08. The van der Waals surface area contributed by atoms with E-state index in [-0.39, 0.29) is 0 Å². The molecular formula is C17H12F3N3. The molecule has 1 heterocycles. The molecule has 0 unspecified atom stereocenters. The van der Waals surface area contributed by atoms with Crippen LogP contribution in [0.25, 0.3) is 11.3 Å². The molecule has 3 rings (SSSR count). The zero-order chi connectivity index (χ0) is 16.3. The second-order valence-electron chi connectivity index (χ2n) is 4.87. The molecule has 1 aromatic heterocycles. The lowest BCUT2D eigenvalue weighted by Crippen LogP contribution is -2.05. The number of benzene rings is 2. The first-order chi connectivity index (χ1) is 11.0. The Kier molecular flexibility index (Phi) is 3.97. The third-order valence-electron chi connectivity index (χ3n) is 3.20. The van der Waals surface area contributed by atoms with Crippen LogP contribution in [0.4, 0.5) is 24.7 Å². The predicted molar refractivity (Wildman–Crippen MR) is 82.2 cm³/mol. The lowest BCUT2D eigenvalue weighted by atomic mass is 10.1. The minimum Gasteiger partial charge on any atom is -0.339 e. The topological polar surface area (TPSA) is 37.8 Å². The van der Waals surface area contributed by atoms with E-state index in [1.807, 2.05) is 30.3 Å². The van der Waals surface area contributed by atoms with Crippen LogP contribution in [0.2, 0.25) is 0 Å². The number of rotatable bonds is 3. The molecule has 0 bridgehead atoms. The third-order valence-corrected chi connectivity index (χ3v) is 3.20. The van der Waals surface area contributed by atoms with E-state index in [2.05, 4.69) is 15.5 Å². The van der Waals surface area contributed by atoms with Gasteiger partial charge in [-0.25, -0.2) is 0 Å². The quantitative estimate of drug-likeness (QED) is 0.746. The number of hydrogen-bond acceptors (Lipinski definition) is 3. The van der Waals surface area contributed by atoms with Crippen molar-refractivity contribution in [2.24, 2.45) is 0 Å². The molecule has 0 aliphatic heterocycles. The average Bonchev–Trinajstić information content (AvgIpc) is 2.56. The standard InChI is InChI=1S/C17H12F3N3/c18-17(19,20)13-7-4-8-14(11-13)21-16-10-9-15(22-23-16)12-5-2-1-3-6-12/h1-11H,(H,21,23). The van der Waals surface area contributed by atoms with Crippen molar-refractivity contribution in [1.29, 1.82) is 0 Å². The van der Waals surface area contributed by atoms with E-state index in [1.165, 1.54) is 6.07 Å². The van der Waals surface area contributed by atoms with Crippen LogP contribution in [0.5, 0.6) is 0 Å². The van der Waals surface area contributed by atoms with Gasteiger partial charge in [0.05, 0.1) is 11.3 Å². The molecule has 0 atom stereocenters. The Morgan fingerprint density at radius 3 is 2.22 bits per heavy atom. The van der Waals surface area contributed by atoms with Crippen molar-refractivity contribution in [2.75, 3.05) is 5.32 Å². The molecule has 3 aromatic rings. The van der Waals surface area contributed by atoms with Crippen LogP contribution in [0.3, 0.4) is 0 Å².